The Bertz CT molecular complexity index is 488. The van der Waals surface area contributed by atoms with Gasteiger partial charge in [0, 0.05) is 20.8 Å². The first-order valence-electron chi connectivity index (χ1n) is 5.12. The first kappa shape index (κ1) is 16.1. The minimum atomic E-state index is -3.50. The zero-order valence-corrected chi connectivity index (χ0v) is 13.6. The van der Waals surface area contributed by atoms with Crippen LogP contribution in [0.25, 0.3) is 0 Å². The van der Waals surface area contributed by atoms with Crippen molar-refractivity contribution in [3.05, 3.63) is 15.9 Å². The van der Waals surface area contributed by atoms with Crippen LogP contribution in [0.1, 0.15) is 6.92 Å². The molecule has 0 aliphatic rings. The molecule has 0 amide bonds. The van der Waals surface area contributed by atoms with Gasteiger partial charge in [0.05, 0.1) is 10.4 Å². The monoisotopic (exact) mass is 357 g/mol. The van der Waals surface area contributed by atoms with E-state index in [4.69, 9.17) is 9.47 Å². The molecule has 0 aliphatic carbocycles. The van der Waals surface area contributed by atoms with Crippen LogP contribution in [0.15, 0.2) is 20.1 Å². The molecular weight excluding hydrogens is 342 g/mol. The highest BCUT2D eigenvalue weighted by Crippen LogP contribution is 2.26. The molecule has 8 heteroatoms. The van der Waals surface area contributed by atoms with E-state index < -0.39 is 15.6 Å². The molecule has 0 radical (unpaired) electrons. The number of hydrogen-bond acceptors (Lipinski definition) is 5. The van der Waals surface area contributed by atoms with E-state index in [1.807, 2.05) is 0 Å². The van der Waals surface area contributed by atoms with Crippen LogP contribution in [0.4, 0.5) is 0 Å². The van der Waals surface area contributed by atoms with Crippen LogP contribution in [0.3, 0.4) is 0 Å². The largest absolute Gasteiger partial charge is 0.382 e. The maximum atomic E-state index is 12.0. The summed E-state index contributed by atoms with van der Waals surface area (Å²) in [5, 5.41) is 0. The molecule has 1 aromatic heterocycles. The van der Waals surface area contributed by atoms with E-state index >= 15 is 0 Å². The molecule has 0 saturated carbocycles. The molecular formula is C10H16BrNO4S2. The molecule has 1 atom stereocenters. The fourth-order valence-electron chi connectivity index (χ4n) is 1.25. The van der Waals surface area contributed by atoms with Crippen molar-refractivity contribution < 1.29 is 17.9 Å². The number of hydrogen-bond donors (Lipinski definition) is 1. The smallest absolute Gasteiger partial charge is 0.250 e. The van der Waals surface area contributed by atoms with Gasteiger partial charge in [0.2, 0.25) is 10.0 Å². The lowest BCUT2D eigenvalue weighted by atomic mass is 10.1. The molecule has 1 heterocycles. The summed E-state index contributed by atoms with van der Waals surface area (Å²) in [7, 11) is -0.431. The molecule has 0 aromatic carbocycles. The van der Waals surface area contributed by atoms with Crippen molar-refractivity contribution in [1.29, 1.82) is 0 Å². The molecule has 18 heavy (non-hydrogen) atoms. The van der Waals surface area contributed by atoms with Crippen LogP contribution in [-0.2, 0) is 19.5 Å². The van der Waals surface area contributed by atoms with Crippen molar-refractivity contribution in [2.45, 2.75) is 16.7 Å². The third-order valence-corrected chi connectivity index (χ3v) is 5.91. The van der Waals surface area contributed by atoms with Gasteiger partial charge < -0.3 is 9.47 Å². The van der Waals surface area contributed by atoms with E-state index in [1.165, 1.54) is 7.11 Å². The maximum Gasteiger partial charge on any atom is 0.250 e. The quantitative estimate of drug-likeness (QED) is 0.808. The Balaban J connectivity index is 2.73. The number of nitrogens with one attached hydrogen (secondary N) is 1. The van der Waals surface area contributed by atoms with Crippen LogP contribution >= 0.6 is 27.3 Å². The van der Waals surface area contributed by atoms with Gasteiger partial charge in [-0.25, -0.2) is 13.1 Å². The van der Waals surface area contributed by atoms with Gasteiger partial charge in [0.15, 0.2) is 0 Å². The molecule has 1 rings (SSSR count). The summed E-state index contributed by atoms with van der Waals surface area (Å²) < 4.78 is 37.8. The standard InChI is InChI=1S/C10H16BrNO4S2/c1-10(16-3,7-15-2)6-12-18(13,14)9-5-4-8(11)17-9/h4-5,12H,6-7H2,1-3H3/t10-/m1/s1. The topological polar surface area (TPSA) is 64.6 Å². The Kier molecular flexibility index (Phi) is 5.75. The Morgan fingerprint density at radius 1 is 1.44 bits per heavy atom. The molecule has 1 N–H and O–H groups in total. The van der Waals surface area contributed by atoms with Crippen molar-refractivity contribution in [2.75, 3.05) is 27.4 Å². The first-order chi connectivity index (χ1) is 8.33. The number of halogens is 1. The number of thiophene rings is 1. The van der Waals surface area contributed by atoms with E-state index in [2.05, 4.69) is 20.7 Å². The van der Waals surface area contributed by atoms with E-state index in [0.717, 1.165) is 15.1 Å². The van der Waals surface area contributed by atoms with Crippen molar-refractivity contribution in [3.8, 4) is 0 Å². The average molecular weight is 358 g/mol. The van der Waals surface area contributed by atoms with Gasteiger partial charge in [-0.15, -0.1) is 11.3 Å². The van der Waals surface area contributed by atoms with Gasteiger partial charge in [0.25, 0.3) is 0 Å². The molecule has 0 bridgehead atoms. The molecule has 104 valence electrons. The SMILES string of the molecule is COC[C@@](C)(CNS(=O)(=O)c1ccc(Br)s1)OC. The molecule has 1 aromatic rings. The zero-order valence-electron chi connectivity index (χ0n) is 10.4. The van der Waals surface area contributed by atoms with Crippen molar-refractivity contribution in [1.82, 2.24) is 4.72 Å². The summed E-state index contributed by atoms with van der Waals surface area (Å²) in [6.07, 6.45) is 0. The lowest BCUT2D eigenvalue weighted by Crippen LogP contribution is -2.45. The summed E-state index contributed by atoms with van der Waals surface area (Å²) in [5.41, 5.74) is -0.684. The lowest BCUT2D eigenvalue weighted by molar-refractivity contribution is -0.0460. The first-order valence-corrected chi connectivity index (χ1v) is 8.21. The molecule has 0 aliphatic heterocycles. The minimum absolute atomic E-state index is 0.148. The molecule has 5 nitrogen and oxygen atoms in total. The second kappa shape index (κ2) is 6.44. The summed E-state index contributed by atoms with van der Waals surface area (Å²) in [4.78, 5) is 0. The number of rotatable bonds is 7. The highest BCUT2D eigenvalue weighted by atomic mass is 79.9. The van der Waals surface area contributed by atoms with Gasteiger partial charge in [-0.05, 0) is 35.0 Å². The van der Waals surface area contributed by atoms with Crippen LogP contribution in [0, 0.1) is 0 Å². The van der Waals surface area contributed by atoms with E-state index in [9.17, 15) is 8.42 Å². The number of ether oxygens (including phenoxy) is 2. The molecule has 0 saturated heterocycles. The minimum Gasteiger partial charge on any atom is -0.382 e. The summed E-state index contributed by atoms with van der Waals surface area (Å²) in [5.74, 6) is 0. The zero-order chi connectivity index (χ0) is 13.8. The third-order valence-electron chi connectivity index (χ3n) is 2.39. The average Bonchev–Trinajstić information content (AvgIpc) is 2.75. The Morgan fingerprint density at radius 2 is 2.11 bits per heavy atom. The van der Waals surface area contributed by atoms with Gasteiger partial charge in [-0.2, -0.15) is 0 Å². The second-order valence-electron chi connectivity index (χ2n) is 3.97. The number of sulfonamides is 1. The molecule has 0 spiro atoms. The van der Waals surface area contributed by atoms with E-state index in [0.29, 0.717) is 6.61 Å². The summed E-state index contributed by atoms with van der Waals surface area (Å²) in [6, 6.07) is 3.25. The Labute approximate surface area is 120 Å². The highest BCUT2D eigenvalue weighted by Gasteiger charge is 2.27. The van der Waals surface area contributed by atoms with Gasteiger partial charge >= 0.3 is 0 Å². The van der Waals surface area contributed by atoms with Crippen molar-refractivity contribution in [3.63, 3.8) is 0 Å². The fourth-order valence-corrected chi connectivity index (χ4v) is 4.46. The second-order valence-corrected chi connectivity index (χ2v) is 8.43. The number of methoxy groups -OCH3 is 2. The summed E-state index contributed by atoms with van der Waals surface area (Å²) in [6.45, 7) is 2.23. The van der Waals surface area contributed by atoms with Crippen molar-refractivity contribution >= 4 is 37.3 Å². The van der Waals surface area contributed by atoms with Crippen LogP contribution in [0.5, 0.6) is 0 Å². The van der Waals surface area contributed by atoms with E-state index in [1.54, 1.807) is 26.2 Å². The molecule has 0 fully saturated rings. The lowest BCUT2D eigenvalue weighted by Gasteiger charge is -2.27. The van der Waals surface area contributed by atoms with Gasteiger partial charge in [-0.1, -0.05) is 0 Å². The third kappa shape index (κ3) is 4.29. The Morgan fingerprint density at radius 3 is 2.56 bits per heavy atom. The van der Waals surface area contributed by atoms with Crippen LogP contribution in [-0.4, -0.2) is 41.4 Å². The van der Waals surface area contributed by atoms with Crippen LogP contribution < -0.4 is 4.72 Å². The van der Waals surface area contributed by atoms with Crippen molar-refractivity contribution in [2.24, 2.45) is 0 Å². The van der Waals surface area contributed by atoms with Crippen LogP contribution in [0.2, 0.25) is 0 Å². The predicted octanol–water partition coefficient (Wildman–Crippen LogP) is 1.84. The van der Waals surface area contributed by atoms with Gasteiger partial charge in [0.1, 0.15) is 9.81 Å². The van der Waals surface area contributed by atoms with E-state index in [-0.39, 0.29) is 10.8 Å². The molecule has 0 unspecified atom stereocenters. The normalized spacial score (nSPS) is 15.6. The van der Waals surface area contributed by atoms with Gasteiger partial charge in [-0.3, -0.25) is 0 Å². The summed E-state index contributed by atoms with van der Waals surface area (Å²) >= 11 is 4.40. The fraction of sp³-hybridized carbons (Fsp3) is 0.600. The Hall–Kier alpha value is 0.01000. The highest BCUT2D eigenvalue weighted by molar-refractivity contribution is 9.11. The predicted molar refractivity (Wildman–Crippen MR) is 74.5 cm³/mol. The maximum absolute atomic E-state index is 12.0.